The van der Waals surface area contributed by atoms with Crippen LogP contribution in [0.5, 0.6) is 0 Å². The quantitative estimate of drug-likeness (QED) is 0.794. The van der Waals surface area contributed by atoms with E-state index in [-0.39, 0.29) is 11.3 Å². The molecule has 2 fully saturated rings. The third kappa shape index (κ3) is 4.67. The summed E-state index contributed by atoms with van der Waals surface area (Å²) in [5, 5.41) is 0. The molecular weight excluding hydrogens is 360 g/mol. The van der Waals surface area contributed by atoms with Crippen LogP contribution >= 0.6 is 0 Å². The second-order valence-electron chi connectivity index (χ2n) is 9.13. The van der Waals surface area contributed by atoms with E-state index in [1.165, 1.54) is 29.5 Å². The van der Waals surface area contributed by atoms with Gasteiger partial charge in [0.25, 0.3) is 0 Å². The SMILES string of the molecule is Cc1cnc(CN2C[C@@]3(CCCN(Cc4ccc(C)c(C)c4)C3)CCC2=O)cn1. The highest BCUT2D eigenvalue weighted by molar-refractivity contribution is 5.77. The molecule has 29 heavy (non-hydrogen) atoms. The van der Waals surface area contributed by atoms with Gasteiger partial charge in [-0.2, -0.15) is 0 Å². The number of piperidine rings is 2. The zero-order valence-corrected chi connectivity index (χ0v) is 17.9. The van der Waals surface area contributed by atoms with Gasteiger partial charge >= 0.3 is 0 Å². The molecule has 2 saturated heterocycles. The molecule has 154 valence electrons. The molecule has 2 aliphatic heterocycles. The lowest BCUT2D eigenvalue weighted by atomic mass is 9.73. The van der Waals surface area contributed by atoms with Crippen LogP contribution in [0, 0.1) is 26.2 Å². The van der Waals surface area contributed by atoms with E-state index in [0.717, 1.165) is 44.0 Å². The van der Waals surface area contributed by atoms with Crippen molar-refractivity contribution in [3.8, 4) is 0 Å². The Kier molecular flexibility index (Phi) is 5.68. The maximum absolute atomic E-state index is 12.6. The maximum Gasteiger partial charge on any atom is 0.222 e. The van der Waals surface area contributed by atoms with Gasteiger partial charge in [-0.05, 0) is 63.3 Å². The Hall–Kier alpha value is -2.27. The van der Waals surface area contributed by atoms with E-state index in [2.05, 4.69) is 46.9 Å². The summed E-state index contributed by atoms with van der Waals surface area (Å²) in [6, 6.07) is 6.81. The Balaban J connectivity index is 1.44. The Morgan fingerprint density at radius 1 is 1.00 bits per heavy atom. The molecule has 5 heteroatoms. The van der Waals surface area contributed by atoms with Crippen LogP contribution in [0.4, 0.5) is 0 Å². The summed E-state index contributed by atoms with van der Waals surface area (Å²) in [7, 11) is 0. The van der Waals surface area contributed by atoms with E-state index in [9.17, 15) is 4.79 Å². The summed E-state index contributed by atoms with van der Waals surface area (Å²) in [6.45, 7) is 10.9. The van der Waals surface area contributed by atoms with Crippen LogP contribution in [0.15, 0.2) is 30.6 Å². The van der Waals surface area contributed by atoms with Crippen LogP contribution in [0.1, 0.15) is 53.8 Å². The summed E-state index contributed by atoms with van der Waals surface area (Å²) in [6.07, 6.45) is 7.65. The topological polar surface area (TPSA) is 49.3 Å². The molecule has 1 atom stereocenters. The molecule has 0 aliphatic carbocycles. The number of carbonyl (C=O) groups excluding carboxylic acids is 1. The van der Waals surface area contributed by atoms with E-state index in [1.54, 1.807) is 12.4 Å². The van der Waals surface area contributed by atoms with Gasteiger partial charge in [-0.25, -0.2) is 0 Å². The number of nitrogens with zero attached hydrogens (tertiary/aromatic N) is 4. The highest BCUT2D eigenvalue weighted by atomic mass is 16.2. The fourth-order valence-electron chi connectivity index (χ4n) is 4.88. The third-order valence-electron chi connectivity index (χ3n) is 6.65. The van der Waals surface area contributed by atoms with Crippen LogP contribution in [0.2, 0.25) is 0 Å². The highest BCUT2D eigenvalue weighted by Gasteiger charge is 2.41. The van der Waals surface area contributed by atoms with Crippen LogP contribution in [-0.4, -0.2) is 45.3 Å². The first-order valence-electron chi connectivity index (χ1n) is 10.8. The van der Waals surface area contributed by atoms with E-state index in [0.29, 0.717) is 13.0 Å². The molecule has 1 amide bonds. The third-order valence-corrected chi connectivity index (χ3v) is 6.65. The normalized spacial score (nSPS) is 23.0. The zero-order valence-electron chi connectivity index (χ0n) is 17.9. The largest absolute Gasteiger partial charge is 0.336 e. The Morgan fingerprint density at radius 2 is 1.86 bits per heavy atom. The van der Waals surface area contributed by atoms with Crippen LogP contribution in [0.3, 0.4) is 0 Å². The van der Waals surface area contributed by atoms with Gasteiger partial charge in [-0.1, -0.05) is 18.2 Å². The number of benzene rings is 1. The summed E-state index contributed by atoms with van der Waals surface area (Å²) in [5.41, 5.74) is 6.11. The predicted molar refractivity (Wildman–Crippen MR) is 114 cm³/mol. The monoisotopic (exact) mass is 392 g/mol. The number of hydrogen-bond donors (Lipinski definition) is 0. The first kappa shape index (κ1) is 20.0. The zero-order chi connectivity index (χ0) is 20.4. The van der Waals surface area contributed by atoms with Crippen molar-refractivity contribution in [2.24, 2.45) is 5.41 Å². The van der Waals surface area contributed by atoms with E-state index in [1.807, 2.05) is 11.8 Å². The molecule has 0 N–H and O–H groups in total. The number of aromatic nitrogens is 2. The van der Waals surface area contributed by atoms with Gasteiger partial charge in [0.1, 0.15) is 0 Å². The minimum absolute atomic E-state index is 0.212. The molecule has 0 unspecified atom stereocenters. The summed E-state index contributed by atoms with van der Waals surface area (Å²) >= 11 is 0. The Bertz CT molecular complexity index is 879. The fraction of sp³-hybridized carbons (Fsp3) is 0.542. The summed E-state index contributed by atoms with van der Waals surface area (Å²) in [5.74, 6) is 0.254. The van der Waals surface area contributed by atoms with Crippen molar-refractivity contribution in [2.45, 2.75) is 59.5 Å². The summed E-state index contributed by atoms with van der Waals surface area (Å²) in [4.78, 5) is 26.0. The minimum atomic E-state index is 0.212. The van der Waals surface area contributed by atoms with Gasteiger partial charge in [-0.3, -0.25) is 19.7 Å². The standard InChI is InChI=1S/C24H32N4O/c1-18-5-6-21(11-19(18)2)14-27-10-4-8-24(16-27)9-7-23(29)28(17-24)15-22-13-25-20(3)12-26-22/h5-6,11-13H,4,7-10,14-17H2,1-3H3/t24-/m0/s1. The molecule has 2 aromatic rings. The average molecular weight is 393 g/mol. The number of amides is 1. The van der Waals surface area contributed by atoms with Gasteiger partial charge < -0.3 is 4.90 Å². The lowest BCUT2D eigenvalue weighted by Gasteiger charge is -2.48. The van der Waals surface area contributed by atoms with Gasteiger partial charge in [0, 0.05) is 37.7 Å². The Morgan fingerprint density at radius 3 is 2.62 bits per heavy atom. The molecule has 1 aromatic heterocycles. The lowest BCUT2D eigenvalue weighted by molar-refractivity contribution is -0.140. The second-order valence-corrected chi connectivity index (χ2v) is 9.13. The Labute approximate surface area is 174 Å². The van der Waals surface area contributed by atoms with E-state index >= 15 is 0 Å². The first-order chi connectivity index (χ1) is 13.9. The van der Waals surface area contributed by atoms with E-state index in [4.69, 9.17) is 0 Å². The molecule has 0 saturated carbocycles. The van der Waals surface area contributed by atoms with Crippen molar-refractivity contribution in [3.05, 3.63) is 58.7 Å². The molecule has 1 aromatic carbocycles. The molecule has 5 nitrogen and oxygen atoms in total. The lowest BCUT2D eigenvalue weighted by Crippen LogP contribution is -2.53. The molecule has 2 aliphatic rings. The molecule has 0 radical (unpaired) electrons. The molecular formula is C24H32N4O. The molecule has 4 rings (SSSR count). The van der Waals surface area contributed by atoms with Gasteiger partial charge in [0.15, 0.2) is 0 Å². The van der Waals surface area contributed by atoms with Crippen molar-refractivity contribution in [3.63, 3.8) is 0 Å². The smallest absolute Gasteiger partial charge is 0.222 e. The van der Waals surface area contributed by atoms with E-state index < -0.39 is 0 Å². The molecule has 0 bridgehead atoms. The minimum Gasteiger partial charge on any atom is -0.336 e. The van der Waals surface area contributed by atoms with Gasteiger partial charge in [0.05, 0.1) is 24.1 Å². The number of rotatable bonds is 4. The highest BCUT2D eigenvalue weighted by Crippen LogP contribution is 2.39. The molecule has 1 spiro atoms. The summed E-state index contributed by atoms with van der Waals surface area (Å²) < 4.78 is 0. The van der Waals surface area contributed by atoms with Crippen molar-refractivity contribution < 1.29 is 4.79 Å². The van der Waals surface area contributed by atoms with Crippen molar-refractivity contribution in [1.29, 1.82) is 0 Å². The first-order valence-corrected chi connectivity index (χ1v) is 10.8. The average Bonchev–Trinajstić information content (AvgIpc) is 2.70. The molecule has 3 heterocycles. The maximum atomic E-state index is 12.6. The van der Waals surface area contributed by atoms with Crippen LogP contribution in [-0.2, 0) is 17.9 Å². The number of likely N-dealkylation sites (tertiary alicyclic amines) is 2. The van der Waals surface area contributed by atoms with Gasteiger partial charge in [0.2, 0.25) is 5.91 Å². The van der Waals surface area contributed by atoms with Crippen molar-refractivity contribution in [2.75, 3.05) is 19.6 Å². The number of hydrogen-bond acceptors (Lipinski definition) is 4. The van der Waals surface area contributed by atoms with Crippen molar-refractivity contribution in [1.82, 2.24) is 19.8 Å². The van der Waals surface area contributed by atoms with Crippen molar-refractivity contribution >= 4 is 5.91 Å². The van der Waals surface area contributed by atoms with Crippen LogP contribution in [0.25, 0.3) is 0 Å². The van der Waals surface area contributed by atoms with Crippen LogP contribution < -0.4 is 0 Å². The number of carbonyl (C=O) groups is 1. The van der Waals surface area contributed by atoms with Gasteiger partial charge in [-0.15, -0.1) is 0 Å². The predicted octanol–water partition coefficient (Wildman–Crippen LogP) is 3.81. The fourth-order valence-corrected chi connectivity index (χ4v) is 4.88. The second kappa shape index (κ2) is 8.23. The number of aryl methyl sites for hydroxylation is 3.